The number of rotatable bonds is 23. The van der Waals surface area contributed by atoms with Crippen molar-refractivity contribution in [3.8, 4) is 0 Å². The lowest BCUT2D eigenvalue weighted by molar-refractivity contribution is -0.883. The van der Waals surface area contributed by atoms with Gasteiger partial charge < -0.3 is 13.9 Å². The molecule has 192 valence electrons. The van der Waals surface area contributed by atoms with Crippen LogP contribution in [0, 0.1) is 0 Å². The van der Waals surface area contributed by atoms with E-state index in [2.05, 4.69) is 19.1 Å². The molecule has 0 aliphatic rings. The highest BCUT2D eigenvalue weighted by atomic mass is 31.2. The predicted molar refractivity (Wildman–Crippen MR) is 141 cm³/mol. The SMILES string of the molecule is CCCCCCCCCC/C=C\CCCCCCCCCOP(=O)(O)C(CC)[N+](C)(C)C. The van der Waals surface area contributed by atoms with Crippen LogP contribution in [0.2, 0.25) is 0 Å². The molecule has 0 radical (unpaired) electrons. The first-order valence-corrected chi connectivity index (χ1v) is 15.3. The van der Waals surface area contributed by atoms with Crippen LogP contribution < -0.4 is 0 Å². The Balaban J connectivity index is 3.46. The Bertz CT molecular complexity index is 488. The van der Waals surface area contributed by atoms with E-state index in [4.69, 9.17) is 4.52 Å². The van der Waals surface area contributed by atoms with Crippen molar-refractivity contribution in [3.63, 3.8) is 0 Å². The molecular weight excluding hydrogens is 417 g/mol. The van der Waals surface area contributed by atoms with Gasteiger partial charge >= 0.3 is 7.60 Å². The van der Waals surface area contributed by atoms with Crippen LogP contribution in [0.4, 0.5) is 0 Å². The van der Waals surface area contributed by atoms with Crippen molar-refractivity contribution in [2.24, 2.45) is 0 Å². The predicted octanol–water partition coefficient (Wildman–Crippen LogP) is 8.84. The second-order valence-corrected chi connectivity index (χ2v) is 12.4. The average molecular weight is 475 g/mol. The Labute approximate surface area is 201 Å². The maximum atomic E-state index is 12.5. The Kier molecular flexibility index (Phi) is 20.1. The summed E-state index contributed by atoms with van der Waals surface area (Å²) in [6.07, 6.45) is 27.4. The maximum Gasteiger partial charge on any atom is 0.385 e. The van der Waals surface area contributed by atoms with Crippen LogP contribution in [0.5, 0.6) is 0 Å². The minimum Gasteiger partial charge on any atom is -0.320 e. The molecule has 32 heavy (non-hydrogen) atoms. The molecule has 0 aromatic rings. The van der Waals surface area contributed by atoms with E-state index in [1.165, 1.54) is 96.3 Å². The first-order chi connectivity index (χ1) is 15.3. The summed E-state index contributed by atoms with van der Waals surface area (Å²) in [5, 5.41) is 0. The third-order valence-electron chi connectivity index (χ3n) is 6.32. The number of quaternary nitrogens is 1. The van der Waals surface area contributed by atoms with Gasteiger partial charge in [-0.1, -0.05) is 103 Å². The van der Waals surface area contributed by atoms with Crippen LogP contribution >= 0.6 is 7.60 Å². The highest BCUT2D eigenvalue weighted by Crippen LogP contribution is 2.51. The van der Waals surface area contributed by atoms with Crippen molar-refractivity contribution >= 4 is 7.60 Å². The summed E-state index contributed by atoms with van der Waals surface area (Å²) in [4.78, 5) is 10.3. The van der Waals surface area contributed by atoms with Gasteiger partial charge in [0.15, 0.2) is 5.78 Å². The Morgan fingerprint density at radius 3 is 1.53 bits per heavy atom. The van der Waals surface area contributed by atoms with Crippen molar-refractivity contribution in [1.82, 2.24) is 0 Å². The molecule has 0 rings (SSSR count). The largest absolute Gasteiger partial charge is 0.385 e. The molecule has 5 heteroatoms. The normalized spacial score (nSPS) is 15.3. The van der Waals surface area contributed by atoms with Crippen LogP contribution in [0.15, 0.2) is 12.2 Å². The summed E-state index contributed by atoms with van der Waals surface area (Å²) in [5.41, 5.74) is 0. The van der Waals surface area contributed by atoms with Gasteiger partial charge in [0.05, 0.1) is 27.7 Å². The molecule has 0 spiro atoms. The van der Waals surface area contributed by atoms with E-state index in [9.17, 15) is 9.46 Å². The first kappa shape index (κ1) is 31.9. The Morgan fingerprint density at radius 2 is 1.12 bits per heavy atom. The molecule has 0 aromatic carbocycles. The molecule has 0 aliphatic carbocycles. The molecular formula is C27H57NO3P+. The molecule has 0 amide bonds. The van der Waals surface area contributed by atoms with Gasteiger partial charge in [0.1, 0.15) is 0 Å². The molecule has 1 N–H and O–H groups in total. The lowest BCUT2D eigenvalue weighted by Gasteiger charge is -2.35. The zero-order valence-corrected chi connectivity index (χ0v) is 23.2. The zero-order valence-electron chi connectivity index (χ0n) is 22.3. The fourth-order valence-electron chi connectivity index (χ4n) is 4.38. The summed E-state index contributed by atoms with van der Waals surface area (Å²) in [7, 11) is 2.30. The minimum absolute atomic E-state index is 0.350. The maximum absolute atomic E-state index is 12.5. The van der Waals surface area contributed by atoms with E-state index in [1.807, 2.05) is 28.1 Å². The highest BCUT2D eigenvalue weighted by Gasteiger charge is 2.41. The molecule has 4 nitrogen and oxygen atoms in total. The third kappa shape index (κ3) is 18.3. The topological polar surface area (TPSA) is 46.5 Å². The van der Waals surface area contributed by atoms with Gasteiger partial charge in [0.2, 0.25) is 0 Å². The van der Waals surface area contributed by atoms with Gasteiger partial charge in [-0.3, -0.25) is 4.57 Å². The van der Waals surface area contributed by atoms with E-state index < -0.39 is 7.60 Å². The zero-order chi connectivity index (χ0) is 24.1. The standard InChI is InChI=1S/C27H56NO3P/c1-6-8-9-10-11-12-13-14-15-16-17-18-19-20-21-22-23-24-25-26-31-32(29,30)27(7-2)28(3,4)5/h16-17,27H,6-15,18-26H2,1-5H3/p+1/b17-16-. The van der Waals surface area contributed by atoms with Crippen LogP contribution in [-0.2, 0) is 9.09 Å². The van der Waals surface area contributed by atoms with Gasteiger partial charge in [0.25, 0.3) is 0 Å². The van der Waals surface area contributed by atoms with Gasteiger partial charge in [-0.15, -0.1) is 0 Å². The summed E-state index contributed by atoms with van der Waals surface area (Å²) < 4.78 is 18.4. The van der Waals surface area contributed by atoms with Gasteiger partial charge in [-0.25, -0.2) is 0 Å². The van der Waals surface area contributed by atoms with Crippen molar-refractivity contribution in [1.29, 1.82) is 0 Å². The second kappa shape index (κ2) is 20.2. The summed E-state index contributed by atoms with van der Waals surface area (Å²) in [6.45, 7) is 4.63. The molecule has 0 fully saturated rings. The lowest BCUT2D eigenvalue weighted by atomic mass is 10.1. The van der Waals surface area contributed by atoms with Crippen LogP contribution in [0.25, 0.3) is 0 Å². The number of allylic oxidation sites excluding steroid dienone is 2. The van der Waals surface area contributed by atoms with Crippen molar-refractivity contribution in [3.05, 3.63) is 12.2 Å². The first-order valence-electron chi connectivity index (χ1n) is 13.7. The van der Waals surface area contributed by atoms with E-state index >= 15 is 0 Å². The molecule has 0 saturated carbocycles. The Morgan fingerprint density at radius 1 is 0.719 bits per heavy atom. The second-order valence-electron chi connectivity index (χ2n) is 10.4. The summed E-state index contributed by atoms with van der Waals surface area (Å²) >= 11 is 0. The van der Waals surface area contributed by atoms with E-state index in [-0.39, 0.29) is 5.78 Å². The highest BCUT2D eigenvalue weighted by molar-refractivity contribution is 7.53. The molecule has 0 aliphatic heterocycles. The van der Waals surface area contributed by atoms with Gasteiger partial charge in [-0.05, 0) is 32.1 Å². The number of hydrogen-bond donors (Lipinski definition) is 1. The molecule has 2 atom stereocenters. The molecule has 0 bridgehead atoms. The number of unbranched alkanes of at least 4 members (excludes halogenated alkanes) is 15. The monoisotopic (exact) mass is 474 g/mol. The number of nitrogens with zero attached hydrogens (tertiary/aromatic N) is 1. The molecule has 0 saturated heterocycles. The van der Waals surface area contributed by atoms with E-state index in [0.29, 0.717) is 17.5 Å². The Hall–Kier alpha value is -0.150. The molecule has 2 unspecified atom stereocenters. The molecule has 0 heterocycles. The fourth-order valence-corrected chi connectivity index (χ4v) is 6.28. The van der Waals surface area contributed by atoms with Gasteiger partial charge in [-0.2, -0.15) is 0 Å². The minimum atomic E-state index is -3.55. The average Bonchev–Trinajstić information content (AvgIpc) is 2.71. The fraction of sp³-hybridized carbons (Fsp3) is 0.926. The van der Waals surface area contributed by atoms with E-state index in [0.717, 1.165) is 12.8 Å². The van der Waals surface area contributed by atoms with Crippen LogP contribution in [-0.4, -0.2) is 42.9 Å². The quantitative estimate of drug-likeness (QED) is 0.0696. The summed E-state index contributed by atoms with van der Waals surface area (Å²) in [5.74, 6) is -0.350. The van der Waals surface area contributed by atoms with Crippen LogP contribution in [0.3, 0.4) is 0 Å². The van der Waals surface area contributed by atoms with Crippen LogP contribution in [0.1, 0.15) is 129 Å². The summed E-state index contributed by atoms with van der Waals surface area (Å²) in [6, 6.07) is 0. The smallest absolute Gasteiger partial charge is 0.320 e. The van der Waals surface area contributed by atoms with Crippen molar-refractivity contribution in [2.45, 2.75) is 135 Å². The van der Waals surface area contributed by atoms with Crippen molar-refractivity contribution < 1.29 is 18.5 Å². The third-order valence-corrected chi connectivity index (χ3v) is 8.68. The lowest BCUT2D eigenvalue weighted by Crippen LogP contribution is -2.44. The van der Waals surface area contributed by atoms with Crippen molar-refractivity contribution in [2.75, 3.05) is 27.7 Å². The molecule has 0 aromatic heterocycles. The van der Waals surface area contributed by atoms with E-state index in [1.54, 1.807) is 0 Å². The number of hydrogen-bond acceptors (Lipinski definition) is 2. The van der Waals surface area contributed by atoms with Gasteiger partial charge in [0, 0.05) is 6.42 Å².